The molecule has 1 aromatic heterocycles. The predicted molar refractivity (Wildman–Crippen MR) is 56.1 cm³/mol. The summed E-state index contributed by atoms with van der Waals surface area (Å²) in [5, 5.41) is 16.7. The van der Waals surface area contributed by atoms with Crippen molar-refractivity contribution in [3.63, 3.8) is 0 Å². The number of rotatable bonds is 6. The van der Waals surface area contributed by atoms with Crippen LogP contribution in [0.3, 0.4) is 0 Å². The molecule has 1 fully saturated rings. The van der Waals surface area contributed by atoms with Crippen molar-refractivity contribution in [3.05, 3.63) is 12.3 Å². The second-order valence-electron chi connectivity index (χ2n) is 3.64. The highest BCUT2D eigenvalue weighted by atomic mass is 15.2. The molecule has 78 valence electrons. The van der Waals surface area contributed by atoms with Gasteiger partial charge in [0.2, 0.25) is 0 Å². The topological polar surface area (TPSA) is 64.8 Å². The maximum atomic E-state index is 3.88. The highest BCUT2D eigenvalue weighted by molar-refractivity contribution is 5.32. The zero-order valence-electron chi connectivity index (χ0n) is 8.38. The average molecular weight is 195 g/mol. The van der Waals surface area contributed by atoms with Crippen molar-refractivity contribution in [2.75, 3.05) is 18.9 Å². The van der Waals surface area contributed by atoms with Gasteiger partial charge in [-0.3, -0.25) is 10.4 Å². The van der Waals surface area contributed by atoms with E-state index in [0.29, 0.717) is 0 Å². The first-order chi connectivity index (χ1) is 6.88. The van der Waals surface area contributed by atoms with Crippen molar-refractivity contribution >= 4 is 5.82 Å². The molecule has 0 bridgehead atoms. The number of hydrogen-bond donors (Lipinski definition) is 4. The van der Waals surface area contributed by atoms with Crippen molar-refractivity contribution in [3.8, 4) is 0 Å². The fourth-order valence-electron chi connectivity index (χ4n) is 1.32. The summed E-state index contributed by atoms with van der Waals surface area (Å²) >= 11 is 0. The fraction of sp³-hybridized carbons (Fsp3) is 0.667. The third-order valence-electron chi connectivity index (χ3n) is 2.37. The van der Waals surface area contributed by atoms with Crippen molar-refractivity contribution in [2.24, 2.45) is 0 Å². The van der Waals surface area contributed by atoms with Crippen LogP contribution in [0.15, 0.2) is 12.3 Å². The number of H-pyrrole nitrogens is 1. The third kappa shape index (κ3) is 2.71. The number of likely N-dealkylation sites (N-methyl/N-ethyl adjacent to an activating group) is 1. The minimum atomic E-state index is 0.246. The zero-order chi connectivity index (χ0) is 9.80. The fourth-order valence-corrected chi connectivity index (χ4v) is 1.32. The van der Waals surface area contributed by atoms with E-state index < -0.39 is 0 Å². The standard InChI is InChI=1S/C9H17N5/c1-10-9(6-11-7-2-3-7)13-8-4-5-12-14-8/h4-5,7,9-11H,2-3,6H2,1H3,(H2,12,13,14). The molecule has 0 aromatic carbocycles. The van der Waals surface area contributed by atoms with Gasteiger partial charge < -0.3 is 10.6 Å². The van der Waals surface area contributed by atoms with Crippen molar-refractivity contribution in [2.45, 2.75) is 25.0 Å². The summed E-state index contributed by atoms with van der Waals surface area (Å²) in [5.74, 6) is 0.946. The first kappa shape index (κ1) is 9.48. The van der Waals surface area contributed by atoms with E-state index in [2.05, 4.69) is 26.1 Å². The first-order valence-corrected chi connectivity index (χ1v) is 5.05. The minimum absolute atomic E-state index is 0.246. The van der Waals surface area contributed by atoms with Crippen LogP contribution < -0.4 is 16.0 Å². The summed E-state index contributed by atoms with van der Waals surface area (Å²) in [6.45, 7) is 0.931. The molecule has 1 saturated carbocycles. The smallest absolute Gasteiger partial charge is 0.122 e. The quantitative estimate of drug-likeness (QED) is 0.487. The molecule has 1 aromatic rings. The number of aromatic nitrogens is 2. The van der Waals surface area contributed by atoms with Crippen molar-refractivity contribution in [1.82, 2.24) is 20.8 Å². The predicted octanol–water partition coefficient (Wildman–Crippen LogP) is 0.119. The second-order valence-corrected chi connectivity index (χ2v) is 3.64. The molecule has 14 heavy (non-hydrogen) atoms. The molecule has 1 atom stereocenters. The van der Waals surface area contributed by atoms with E-state index in [4.69, 9.17) is 0 Å². The number of hydrogen-bond acceptors (Lipinski definition) is 4. The number of aromatic amines is 1. The molecule has 4 N–H and O–H groups in total. The largest absolute Gasteiger partial charge is 0.354 e. The monoisotopic (exact) mass is 195 g/mol. The Morgan fingerprint density at radius 1 is 1.64 bits per heavy atom. The van der Waals surface area contributed by atoms with Gasteiger partial charge in [0.25, 0.3) is 0 Å². The second kappa shape index (κ2) is 4.43. The van der Waals surface area contributed by atoms with Crippen LogP contribution in [-0.4, -0.2) is 36.0 Å². The summed E-state index contributed by atoms with van der Waals surface area (Å²) in [4.78, 5) is 0. The number of anilines is 1. The Morgan fingerprint density at radius 3 is 3.07 bits per heavy atom. The molecule has 0 saturated heterocycles. The van der Waals surface area contributed by atoms with Gasteiger partial charge in [0.05, 0.1) is 12.4 Å². The lowest BCUT2D eigenvalue weighted by atomic mass is 10.4. The van der Waals surface area contributed by atoms with Gasteiger partial charge in [0.15, 0.2) is 0 Å². The lowest BCUT2D eigenvalue weighted by Gasteiger charge is -2.18. The highest BCUT2D eigenvalue weighted by Gasteiger charge is 2.21. The van der Waals surface area contributed by atoms with E-state index in [1.807, 2.05) is 13.1 Å². The zero-order valence-corrected chi connectivity index (χ0v) is 8.38. The molecule has 1 unspecified atom stereocenters. The van der Waals surface area contributed by atoms with E-state index in [9.17, 15) is 0 Å². The Kier molecular flexibility index (Phi) is 3.00. The molecule has 2 rings (SSSR count). The molecule has 1 heterocycles. The Bertz CT molecular complexity index is 254. The Labute approximate surface area is 83.7 Å². The van der Waals surface area contributed by atoms with E-state index >= 15 is 0 Å². The molecule has 5 nitrogen and oxygen atoms in total. The van der Waals surface area contributed by atoms with E-state index in [1.165, 1.54) is 12.8 Å². The van der Waals surface area contributed by atoms with Gasteiger partial charge in [-0.2, -0.15) is 5.10 Å². The van der Waals surface area contributed by atoms with Gasteiger partial charge in [0.1, 0.15) is 5.82 Å². The van der Waals surface area contributed by atoms with E-state index in [1.54, 1.807) is 6.20 Å². The third-order valence-corrected chi connectivity index (χ3v) is 2.37. The maximum Gasteiger partial charge on any atom is 0.122 e. The lowest BCUT2D eigenvalue weighted by molar-refractivity contribution is 0.547. The Morgan fingerprint density at radius 2 is 2.50 bits per heavy atom. The van der Waals surface area contributed by atoms with Crippen molar-refractivity contribution < 1.29 is 0 Å². The van der Waals surface area contributed by atoms with E-state index in [-0.39, 0.29) is 6.17 Å². The van der Waals surface area contributed by atoms with Gasteiger partial charge in [-0.05, 0) is 26.0 Å². The maximum absolute atomic E-state index is 3.88. The van der Waals surface area contributed by atoms with Crippen LogP contribution in [0.4, 0.5) is 5.82 Å². The highest BCUT2D eigenvalue weighted by Crippen LogP contribution is 2.18. The molecule has 1 aliphatic carbocycles. The van der Waals surface area contributed by atoms with Gasteiger partial charge in [-0.25, -0.2) is 0 Å². The molecule has 0 spiro atoms. The van der Waals surface area contributed by atoms with Gasteiger partial charge in [0, 0.05) is 12.6 Å². The molecular formula is C9H17N5. The number of nitrogens with zero attached hydrogens (tertiary/aromatic N) is 1. The molecule has 5 heteroatoms. The van der Waals surface area contributed by atoms with Crippen LogP contribution in [0.2, 0.25) is 0 Å². The molecule has 0 amide bonds. The van der Waals surface area contributed by atoms with E-state index in [0.717, 1.165) is 18.4 Å². The SMILES string of the molecule is CNC(CNC1CC1)Nc1ccn[nH]1. The summed E-state index contributed by atoms with van der Waals surface area (Å²) in [5.41, 5.74) is 0. The summed E-state index contributed by atoms with van der Waals surface area (Å²) in [6.07, 6.45) is 4.63. The molecule has 0 aliphatic heterocycles. The summed E-state index contributed by atoms with van der Waals surface area (Å²) in [6, 6.07) is 2.66. The Balaban J connectivity index is 1.74. The first-order valence-electron chi connectivity index (χ1n) is 5.05. The van der Waals surface area contributed by atoms with Crippen molar-refractivity contribution in [1.29, 1.82) is 0 Å². The normalized spacial score (nSPS) is 18.1. The summed E-state index contributed by atoms with van der Waals surface area (Å²) < 4.78 is 0. The van der Waals surface area contributed by atoms with Gasteiger partial charge in [-0.1, -0.05) is 0 Å². The van der Waals surface area contributed by atoms with Crippen LogP contribution in [0.25, 0.3) is 0 Å². The Hall–Kier alpha value is -1.07. The minimum Gasteiger partial charge on any atom is -0.354 e. The number of nitrogens with one attached hydrogen (secondary N) is 4. The lowest BCUT2D eigenvalue weighted by Crippen LogP contribution is -2.43. The van der Waals surface area contributed by atoms with Crippen LogP contribution in [0.5, 0.6) is 0 Å². The summed E-state index contributed by atoms with van der Waals surface area (Å²) in [7, 11) is 1.95. The van der Waals surface area contributed by atoms with Gasteiger partial charge >= 0.3 is 0 Å². The average Bonchev–Trinajstić information content (AvgIpc) is 2.90. The van der Waals surface area contributed by atoms with Crippen LogP contribution in [0.1, 0.15) is 12.8 Å². The van der Waals surface area contributed by atoms with Gasteiger partial charge in [-0.15, -0.1) is 0 Å². The molecule has 0 radical (unpaired) electrons. The molecular weight excluding hydrogens is 178 g/mol. The van der Waals surface area contributed by atoms with Crippen LogP contribution >= 0.6 is 0 Å². The van der Waals surface area contributed by atoms with Crippen LogP contribution in [-0.2, 0) is 0 Å². The molecule has 1 aliphatic rings. The van der Waals surface area contributed by atoms with Crippen LogP contribution in [0, 0.1) is 0 Å².